The number of hydrogen-bond donors (Lipinski definition) is 1. The molecule has 0 aliphatic heterocycles. The number of nitrogens with one attached hydrogen (secondary N) is 1. The van der Waals surface area contributed by atoms with Crippen molar-refractivity contribution in [3.8, 4) is 0 Å². The minimum absolute atomic E-state index is 0.767. The Bertz CT molecular complexity index is 355. The van der Waals surface area contributed by atoms with Crippen LogP contribution in [0.3, 0.4) is 0 Å². The molecule has 0 atom stereocenters. The van der Waals surface area contributed by atoms with Gasteiger partial charge in [-0.2, -0.15) is 5.10 Å². The highest BCUT2D eigenvalue weighted by molar-refractivity contribution is 9.10. The molecule has 0 aromatic carbocycles. The van der Waals surface area contributed by atoms with Crippen LogP contribution in [0.2, 0.25) is 0 Å². The summed E-state index contributed by atoms with van der Waals surface area (Å²) >= 11 is 3.26. The third-order valence-corrected chi connectivity index (χ3v) is 1.83. The van der Waals surface area contributed by atoms with E-state index in [1.54, 1.807) is 6.20 Å². The molecule has 3 nitrogen and oxygen atoms in total. The smallest absolute Gasteiger partial charge is 0.154 e. The minimum Gasteiger partial charge on any atom is -0.275 e. The monoisotopic (exact) mass is 197 g/mol. The molecule has 0 saturated heterocycles. The first-order chi connectivity index (χ1) is 4.88. The van der Waals surface area contributed by atoms with Gasteiger partial charge in [-0.1, -0.05) is 0 Å². The molecule has 0 unspecified atom stereocenters. The molecule has 2 rings (SSSR count). The van der Waals surface area contributed by atoms with Crippen LogP contribution in [0.1, 0.15) is 0 Å². The lowest BCUT2D eigenvalue weighted by Gasteiger charge is -1.82. The average Bonchev–Trinajstić information content (AvgIpc) is 2.34. The van der Waals surface area contributed by atoms with E-state index in [1.807, 2.05) is 12.1 Å². The van der Waals surface area contributed by atoms with Crippen LogP contribution in [0.25, 0.3) is 11.0 Å². The normalized spacial score (nSPS) is 10.5. The summed E-state index contributed by atoms with van der Waals surface area (Å²) in [5.74, 6) is 0. The molecule has 0 radical (unpaired) electrons. The number of rotatable bonds is 0. The second-order valence-corrected chi connectivity index (χ2v) is 2.67. The summed E-state index contributed by atoms with van der Waals surface area (Å²) in [7, 11) is 0. The first-order valence-corrected chi connectivity index (χ1v) is 3.62. The highest BCUT2D eigenvalue weighted by atomic mass is 79.9. The molecule has 0 amide bonds. The Morgan fingerprint density at radius 2 is 2.40 bits per heavy atom. The molecule has 1 N–H and O–H groups in total. The van der Waals surface area contributed by atoms with Crippen molar-refractivity contribution in [1.29, 1.82) is 0 Å². The molecule has 2 aromatic heterocycles. The van der Waals surface area contributed by atoms with Gasteiger partial charge in [0.1, 0.15) is 5.52 Å². The Balaban J connectivity index is 2.93. The van der Waals surface area contributed by atoms with Gasteiger partial charge in [0.2, 0.25) is 0 Å². The molecule has 0 bridgehead atoms. The van der Waals surface area contributed by atoms with Crippen LogP contribution in [0.15, 0.2) is 22.9 Å². The maximum Gasteiger partial charge on any atom is 0.154 e. The number of pyridine rings is 1. The molecule has 10 heavy (non-hydrogen) atoms. The highest BCUT2D eigenvalue weighted by Crippen LogP contribution is 2.16. The van der Waals surface area contributed by atoms with Gasteiger partial charge in [0, 0.05) is 6.20 Å². The van der Waals surface area contributed by atoms with E-state index in [9.17, 15) is 0 Å². The number of aromatic nitrogens is 3. The van der Waals surface area contributed by atoms with E-state index >= 15 is 0 Å². The van der Waals surface area contributed by atoms with Crippen LogP contribution in [-0.2, 0) is 0 Å². The molecular formula is C6H4BrN3. The zero-order chi connectivity index (χ0) is 6.97. The molecule has 2 aromatic rings. The Labute approximate surface area is 65.6 Å². The van der Waals surface area contributed by atoms with Gasteiger partial charge in [0.05, 0.1) is 5.52 Å². The Morgan fingerprint density at radius 1 is 1.50 bits per heavy atom. The summed E-state index contributed by atoms with van der Waals surface area (Å²) in [6.45, 7) is 0. The van der Waals surface area contributed by atoms with Crippen molar-refractivity contribution in [2.45, 2.75) is 0 Å². The Hall–Kier alpha value is -0.900. The van der Waals surface area contributed by atoms with Crippen molar-refractivity contribution in [2.75, 3.05) is 0 Å². The maximum atomic E-state index is 4.10. The number of nitrogens with zero attached hydrogens (tertiary/aromatic N) is 2. The summed E-state index contributed by atoms with van der Waals surface area (Å²) in [6.07, 6.45) is 1.74. The molecule has 50 valence electrons. The number of hydrogen-bond acceptors (Lipinski definition) is 2. The lowest BCUT2D eigenvalue weighted by Crippen LogP contribution is -1.70. The van der Waals surface area contributed by atoms with Gasteiger partial charge >= 0.3 is 0 Å². The average molecular weight is 198 g/mol. The number of aromatic amines is 1. The predicted molar refractivity (Wildman–Crippen MR) is 41.6 cm³/mol. The fraction of sp³-hybridized carbons (Fsp3) is 0. The standard InChI is InChI=1S/C6H4BrN3/c7-6-5-4(9-10-6)2-1-3-8-5/h1-3H,(H,9,10). The second-order valence-electron chi connectivity index (χ2n) is 1.91. The fourth-order valence-corrected chi connectivity index (χ4v) is 1.23. The topological polar surface area (TPSA) is 41.6 Å². The second kappa shape index (κ2) is 2.05. The molecular weight excluding hydrogens is 194 g/mol. The van der Waals surface area contributed by atoms with Crippen molar-refractivity contribution < 1.29 is 0 Å². The lowest BCUT2D eigenvalue weighted by molar-refractivity contribution is 1.10. The van der Waals surface area contributed by atoms with Crippen molar-refractivity contribution in [2.24, 2.45) is 0 Å². The van der Waals surface area contributed by atoms with Crippen LogP contribution in [0.5, 0.6) is 0 Å². The van der Waals surface area contributed by atoms with Gasteiger partial charge in [0.15, 0.2) is 4.60 Å². The molecule has 0 aliphatic carbocycles. The van der Waals surface area contributed by atoms with Crippen molar-refractivity contribution >= 4 is 27.0 Å². The van der Waals surface area contributed by atoms with E-state index in [4.69, 9.17) is 0 Å². The van der Waals surface area contributed by atoms with E-state index in [0.717, 1.165) is 15.6 Å². The lowest BCUT2D eigenvalue weighted by atomic mass is 10.4. The Kier molecular flexibility index (Phi) is 1.20. The number of H-pyrrole nitrogens is 1. The van der Waals surface area contributed by atoms with Crippen LogP contribution in [-0.4, -0.2) is 15.2 Å². The molecule has 0 saturated carbocycles. The maximum absolute atomic E-state index is 4.10. The summed E-state index contributed by atoms with van der Waals surface area (Å²) < 4.78 is 0.767. The predicted octanol–water partition coefficient (Wildman–Crippen LogP) is 1.72. The fourth-order valence-electron chi connectivity index (χ4n) is 0.822. The third kappa shape index (κ3) is 0.724. The molecule has 0 aliphatic rings. The van der Waals surface area contributed by atoms with Crippen LogP contribution < -0.4 is 0 Å². The van der Waals surface area contributed by atoms with Gasteiger partial charge in [-0.25, -0.2) is 0 Å². The zero-order valence-electron chi connectivity index (χ0n) is 5.00. The summed E-state index contributed by atoms with van der Waals surface area (Å²) in [4.78, 5) is 4.10. The van der Waals surface area contributed by atoms with E-state index < -0.39 is 0 Å². The Morgan fingerprint density at radius 3 is 3.20 bits per heavy atom. The zero-order valence-corrected chi connectivity index (χ0v) is 6.59. The quantitative estimate of drug-likeness (QED) is 0.700. The minimum atomic E-state index is 0.767. The van der Waals surface area contributed by atoms with Gasteiger partial charge in [-0.05, 0) is 28.1 Å². The molecule has 0 spiro atoms. The van der Waals surface area contributed by atoms with Crippen LogP contribution >= 0.6 is 15.9 Å². The van der Waals surface area contributed by atoms with Gasteiger partial charge in [-0.15, -0.1) is 0 Å². The highest BCUT2D eigenvalue weighted by Gasteiger charge is 1.99. The van der Waals surface area contributed by atoms with Gasteiger partial charge in [0.25, 0.3) is 0 Å². The first kappa shape index (κ1) is 5.85. The van der Waals surface area contributed by atoms with E-state index in [1.165, 1.54) is 0 Å². The molecule has 0 fully saturated rings. The van der Waals surface area contributed by atoms with E-state index in [2.05, 4.69) is 31.1 Å². The van der Waals surface area contributed by atoms with Crippen molar-refractivity contribution in [1.82, 2.24) is 15.2 Å². The van der Waals surface area contributed by atoms with Crippen LogP contribution in [0.4, 0.5) is 0 Å². The van der Waals surface area contributed by atoms with Crippen LogP contribution in [0, 0.1) is 0 Å². The number of halogens is 1. The number of fused-ring (bicyclic) bond motifs is 1. The van der Waals surface area contributed by atoms with Crippen molar-refractivity contribution in [3.05, 3.63) is 22.9 Å². The summed E-state index contributed by atoms with van der Waals surface area (Å²) in [6, 6.07) is 3.80. The first-order valence-electron chi connectivity index (χ1n) is 2.82. The largest absolute Gasteiger partial charge is 0.275 e. The molecule has 4 heteroatoms. The summed E-state index contributed by atoms with van der Waals surface area (Å²) in [5.41, 5.74) is 1.83. The van der Waals surface area contributed by atoms with E-state index in [0.29, 0.717) is 0 Å². The van der Waals surface area contributed by atoms with E-state index in [-0.39, 0.29) is 0 Å². The van der Waals surface area contributed by atoms with Gasteiger partial charge in [-0.3, -0.25) is 10.1 Å². The van der Waals surface area contributed by atoms with Gasteiger partial charge < -0.3 is 0 Å². The third-order valence-electron chi connectivity index (χ3n) is 1.28. The van der Waals surface area contributed by atoms with Crippen molar-refractivity contribution in [3.63, 3.8) is 0 Å². The summed E-state index contributed by atoms with van der Waals surface area (Å²) in [5, 5.41) is 6.75. The SMILES string of the molecule is Brc1n[nH]c2cccnc12. The molecule has 2 heterocycles.